The first-order valence-electron chi connectivity index (χ1n) is 4.22. The van der Waals surface area contributed by atoms with Crippen molar-refractivity contribution in [2.45, 2.75) is 13.1 Å². The molecule has 2 aromatic rings. The van der Waals surface area contributed by atoms with Gasteiger partial charge in [-0.1, -0.05) is 10.4 Å². The average molecular weight is 193 g/mol. The fourth-order valence-electron chi connectivity index (χ4n) is 1.14. The number of aryl methyl sites for hydroxylation is 1. The third-order valence-corrected chi connectivity index (χ3v) is 1.77. The van der Waals surface area contributed by atoms with E-state index in [1.165, 1.54) is 0 Å². The molecule has 0 fully saturated rings. The molecule has 0 aliphatic rings. The minimum absolute atomic E-state index is 0.403. The molecule has 0 aliphatic carbocycles. The van der Waals surface area contributed by atoms with E-state index in [-0.39, 0.29) is 0 Å². The molecule has 0 saturated heterocycles. The highest BCUT2D eigenvalue weighted by atomic mass is 15.4. The second-order valence-corrected chi connectivity index (χ2v) is 3.00. The minimum atomic E-state index is 0.403. The second kappa shape index (κ2) is 3.54. The van der Waals surface area contributed by atoms with E-state index in [9.17, 15) is 0 Å². The smallest absolute Gasteiger partial charge is 0.104 e. The van der Waals surface area contributed by atoms with Crippen LogP contribution >= 0.6 is 0 Å². The van der Waals surface area contributed by atoms with Gasteiger partial charge >= 0.3 is 0 Å². The lowest BCUT2D eigenvalue weighted by molar-refractivity contribution is 0.636. The fraction of sp³-hybridized carbons (Fsp3) is 0.429. The topological polar surface area (TPSA) is 87.4 Å². The quantitative estimate of drug-likeness (QED) is 0.669. The molecule has 2 heterocycles. The van der Waals surface area contributed by atoms with E-state index in [0.717, 1.165) is 11.4 Å². The Labute approximate surface area is 80.5 Å². The van der Waals surface area contributed by atoms with Gasteiger partial charge in [0.15, 0.2) is 0 Å². The number of rotatable bonds is 3. The van der Waals surface area contributed by atoms with Crippen LogP contribution in [0.4, 0.5) is 0 Å². The Hall–Kier alpha value is -1.76. The second-order valence-electron chi connectivity index (χ2n) is 3.00. The van der Waals surface area contributed by atoms with Crippen LogP contribution in [0.2, 0.25) is 0 Å². The summed E-state index contributed by atoms with van der Waals surface area (Å²) in [6.07, 6.45) is 3.64. The molecule has 0 saturated carbocycles. The lowest BCUT2D eigenvalue weighted by Gasteiger charge is -1.92. The van der Waals surface area contributed by atoms with Crippen molar-refractivity contribution in [3.63, 3.8) is 0 Å². The van der Waals surface area contributed by atoms with E-state index in [1.807, 2.05) is 13.2 Å². The third-order valence-electron chi connectivity index (χ3n) is 1.77. The van der Waals surface area contributed by atoms with Crippen molar-refractivity contribution in [2.24, 2.45) is 12.8 Å². The number of nitrogens with two attached hydrogens (primary N) is 1. The number of aromatic nitrogens is 6. The van der Waals surface area contributed by atoms with Gasteiger partial charge in [-0.15, -0.1) is 10.2 Å². The summed E-state index contributed by atoms with van der Waals surface area (Å²) in [5.74, 6) is 0. The first-order chi connectivity index (χ1) is 6.78. The van der Waals surface area contributed by atoms with E-state index in [1.54, 1.807) is 15.6 Å². The first-order valence-corrected chi connectivity index (χ1v) is 4.22. The van der Waals surface area contributed by atoms with Crippen molar-refractivity contribution in [3.05, 3.63) is 23.8 Å². The third kappa shape index (κ3) is 1.77. The number of nitrogens with zero attached hydrogens (tertiary/aromatic N) is 6. The lowest BCUT2D eigenvalue weighted by Crippen LogP contribution is -2.00. The van der Waals surface area contributed by atoms with Gasteiger partial charge in [0.05, 0.1) is 18.4 Å². The highest BCUT2D eigenvalue weighted by molar-refractivity contribution is 4.96. The van der Waals surface area contributed by atoms with Gasteiger partial charge in [0.1, 0.15) is 5.69 Å². The van der Waals surface area contributed by atoms with Crippen LogP contribution in [0.3, 0.4) is 0 Å². The Morgan fingerprint density at radius 1 is 1.21 bits per heavy atom. The summed E-state index contributed by atoms with van der Waals surface area (Å²) < 4.78 is 3.34. The summed E-state index contributed by atoms with van der Waals surface area (Å²) in [7, 11) is 1.82. The highest BCUT2D eigenvalue weighted by Crippen LogP contribution is 1.97. The molecule has 0 atom stereocenters. The van der Waals surface area contributed by atoms with Gasteiger partial charge in [-0.3, -0.25) is 4.68 Å². The molecule has 0 radical (unpaired) electrons. The first kappa shape index (κ1) is 8.82. The maximum atomic E-state index is 5.41. The molecule has 2 N–H and O–H groups in total. The van der Waals surface area contributed by atoms with Crippen LogP contribution in [-0.2, 0) is 20.1 Å². The van der Waals surface area contributed by atoms with Crippen LogP contribution in [0, 0.1) is 0 Å². The molecule has 0 aromatic carbocycles. The van der Waals surface area contributed by atoms with Crippen molar-refractivity contribution in [1.29, 1.82) is 0 Å². The SMILES string of the molecule is Cn1cc(Cn2cc(CN)nn2)nn1. The summed E-state index contributed by atoms with van der Waals surface area (Å²) in [5.41, 5.74) is 7.03. The predicted octanol–water partition coefficient (Wildman–Crippen LogP) is -1.09. The minimum Gasteiger partial charge on any atom is -0.325 e. The van der Waals surface area contributed by atoms with Crippen LogP contribution < -0.4 is 5.73 Å². The van der Waals surface area contributed by atoms with Crippen molar-refractivity contribution < 1.29 is 0 Å². The monoisotopic (exact) mass is 193 g/mol. The van der Waals surface area contributed by atoms with Crippen molar-refractivity contribution in [1.82, 2.24) is 30.0 Å². The number of hydrogen-bond acceptors (Lipinski definition) is 5. The van der Waals surface area contributed by atoms with E-state index in [0.29, 0.717) is 13.1 Å². The normalized spacial score (nSPS) is 10.7. The molecule has 7 heteroatoms. The molecule has 2 rings (SSSR count). The Morgan fingerprint density at radius 2 is 2.00 bits per heavy atom. The van der Waals surface area contributed by atoms with Crippen LogP contribution in [0.1, 0.15) is 11.4 Å². The predicted molar refractivity (Wildman–Crippen MR) is 48.0 cm³/mol. The fourth-order valence-corrected chi connectivity index (χ4v) is 1.14. The Bertz CT molecular complexity index is 415. The zero-order chi connectivity index (χ0) is 9.97. The zero-order valence-electron chi connectivity index (χ0n) is 7.83. The Morgan fingerprint density at radius 3 is 2.57 bits per heavy atom. The van der Waals surface area contributed by atoms with Gasteiger partial charge in [0.2, 0.25) is 0 Å². The van der Waals surface area contributed by atoms with Gasteiger partial charge in [-0.05, 0) is 0 Å². The van der Waals surface area contributed by atoms with E-state index >= 15 is 0 Å². The molecule has 0 bridgehead atoms. The van der Waals surface area contributed by atoms with Gasteiger partial charge in [0.25, 0.3) is 0 Å². The van der Waals surface area contributed by atoms with Crippen LogP contribution in [0.25, 0.3) is 0 Å². The van der Waals surface area contributed by atoms with Crippen molar-refractivity contribution in [3.8, 4) is 0 Å². The molecule has 7 nitrogen and oxygen atoms in total. The average Bonchev–Trinajstić information content (AvgIpc) is 2.76. The molecule has 2 aromatic heterocycles. The maximum absolute atomic E-state index is 5.41. The molecular formula is C7H11N7. The van der Waals surface area contributed by atoms with E-state index in [2.05, 4.69) is 20.6 Å². The summed E-state index contributed by atoms with van der Waals surface area (Å²) in [4.78, 5) is 0. The molecular weight excluding hydrogens is 182 g/mol. The van der Waals surface area contributed by atoms with Gasteiger partial charge in [0, 0.05) is 19.8 Å². The molecule has 14 heavy (non-hydrogen) atoms. The Balaban J connectivity index is 2.10. The van der Waals surface area contributed by atoms with Crippen LogP contribution in [-0.4, -0.2) is 30.0 Å². The van der Waals surface area contributed by atoms with Crippen LogP contribution in [0.5, 0.6) is 0 Å². The summed E-state index contributed by atoms with van der Waals surface area (Å²) in [5, 5.41) is 15.5. The molecule has 0 spiro atoms. The van der Waals surface area contributed by atoms with E-state index < -0.39 is 0 Å². The zero-order valence-corrected chi connectivity index (χ0v) is 7.83. The molecule has 74 valence electrons. The summed E-state index contributed by atoms with van der Waals surface area (Å²) in [6.45, 7) is 0.974. The number of hydrogen-bond donors (Lipinski definition) is 1. The summed E-state index contributed by atoms with van der Waals surface area (Å²) >= 11 is 0. The maximum Gasteiger partial charge on any atom is 0.104 e. The van der Waals surface area contributed by atoms with Crippen molar-refractivity contribution in [2.75, 3.05) is 0 Å². The van der Waals surface area contributed by atoms with Crippen molar-refractivity contribution >= 4 is 0 Å². The molecule has 0 amide bonds. The Kier molecular flexibility index (Phi) is 2.23. The van der Waals surface area contributed by atoms with Crippen LogP contribution in [0.15, 0.2) is 12.4 Å². The standard InChI is InChI=1S/C7H11N7/c1-13-3-7(10-11-13)5-14-4-6(2-8)9-12-14/h3-4H,2,5,8H2,1H3. The summed E-state index contributed by atoms with van der Waals surface area (Å²) in [6, 6.07) is 0. The van der Waals surface area contributed by atoms with Gasteiger partial charge in [-0.2, -0.15) is 0 Å². The highest BCUT2D eigenvalue weighted by Gasteiger charge is 2.02. The molecule has 0 aliphatic heterocycles. The van der Waals surface area contributed by atoms with Gasteiger partial charge < -0.3 is 5.73 Å². The van der Waals surface area contributed by atoms with Gasteiger partial charge in [-0.25, -0.2) is 4.68 Å². The lowest BCUT2D eigenvalue weighted by atomic mass is 10.4. The largest absolute Gasteiger partial charge is 0.325 e. The van der Waals surface area contributed by atoms with E-state index in [4.69, 9.17) is 5.73 Å². The molecule has 0 unspecified atom stereocenters.